The minimum atomic E-state index is -1.24. The first-order chi connectivity index (χ1) is 15.8. The number of aromatic nitrogens is 2. The predicted octanol–water partition coefficient (Wildman–Crippen LogP) is 2.55. The van der Waals surface area contributed by atoms with Crippen molar-refractivity contribution in [2.75, 3.05) is 5.01 Å². The van der Waals surface area contributed by atoms with Crippen molar-refractivity contribution in [3.63, 3.8) is 0 Å². The van der Waals surface area contributed by atoms with Crippen molar-refractivity contribution < 1.29 is 14.8 Å². The van der Waals surface area contributed by atoms with Crippen molar-refractivity contribution >= 4 is 34.1 Å². The fraction of sp³-hybridized carbons (Fsp3) is 0.391. The van der Waals surface area contributed by atoms with Gasteiger partial charge in [-0.3, -0.25) is 19.6 Å². The van der Waals surface area contributed by atoms with Gasteiger partial charge in [-0.2, -0.15) is 4.68 Å². The highest BCUT2D eigenvalue weighted by Gasteiger charge is 2.33. The van der Waals surface area contributed by atoms with Crippen molar-refractivity contribution in [1.82, 2.24) is 15.1 Å². The van der Waals surface area contributed by atoms with E-state index in [0.29, 0.717) is 29.5 Å². The quantitative estimate of drug-likeness (QED) is 0.309. The van der Waals surface area contributed by atoms with Gasteiger partial charge < -0.3 is 4.98 Å². The molecule has 3 rings (SSSR count). The molecule has 0 radical (unpaired) electrons. The number of fused-ring (bicyclic) bond motifs is 1. The molecule has 9 nitrogen and oxygen atoms in total. The van der Waals surface area contributed by atoms with Gasteiger partial charge in [-0.15, -0.1) is 11.3 Å². The van der Waals surface area contributed by atoms with Gasteiger partial charge in [0.25, 0.3) is 11.5 Å². The fourth-order valence-electron chi connectivity index (χ4n) is 3.66. The van der Waals surface area contributed by atoms with Crippen LogP contribution >= 0.6 is 11.3 Å². The number of carbonyl (C=O) groups excluding carboxylic acids is 2. The summed E-state index contributed by atoms with van der Waals surface area (Å²) in [6.45, 7) is 3.90. The number of hydrogen-bond acceptors (Lipinski definition) is 6. The molecule has 1 aromatic carbocycles. The maximum Gasteiger partial charge on any atom is 0.348 e. The molecule has 2 heterocycles. The van der Waals surface area contributed by atoms with E-state index in [1.54, 1.807) is 16.2 Å². The largest absolute Gasteiger partial charge is 0.348 e. The first-order valence-electron chi connectivity index (χ1n) is 10.8. The van der Waals surface area contributed by atoms with E-state index in [-0.39, 0.29) is 24.1 Å². The zero-order chi connectivity index (χ0) is 24.0. The van der Waals surface area contributed by atoms with E-state index in [1.165, 1.54) is 11.3 Å². The topological polar surface area (TPSA) is 124 Å². The molecule has 0 bridgehead atoms. The lowest BCUT2D eigenvalue weighted by atomic mass is 10.0. The van der Waals surface area contributed by atoms with Gasteiger partial charge in [-0.1, -0.05) is 44.2 Å². The van der Waals surface area contributed by atoms with Crippen molar-refractivity contribution in [3.8, 4) is 0 Å². The number of amides is 2. The lowest BCUT2D eigenvalue weighted by Crippen LogP contribution is -2.61. The summed E-state index contributed by atoms with van der Waals surface area (Å²) in [7, 11) is 0. The lowest BCUT2D eigenvalue weighted by molar-refractivity contribution is -0.134. The van der Waals surface area contributed by atoms with Crippen LogP contribution in [0, 0.1) is 5.92 Å². The smallest absolute Gasteiger partial charge is 0.304 e. The van der Waals surface area contributed by atoms with Gasteiger partial charge in [0.05, 0.1) is 10.9 Å². The molecule has 3 N–H and O–H groups in total. The second-order valence-electron chi connectivity index (χ2n) is 8.29. The Morgan fingerprint density at radius 3 is 2.55 bits per heavy atom. The summed E-state index contributed by atoms with van der Waals surface area (Å²) in [4.78, 5) is 54.6. The van der Waals surface area contributed by atoms with Crippen LogP contribution in [0.25, 0.3) is 10.9 Å². The van der Waals surface area contributed by atoms with Crippen LogP contribution in [0.2, 0.25) is 0 Å². The summed E-state index contributed by atoms with van der Waals surface area (Å²) in [5.41, 5.74) is 1.51. The Morgan fingerprint density at radius 2 is 1.88 bits per heavy atom. The maximum atomic E-state index is 13.3. The molecule has 33 heavy (non-hydrogen) atoms. The molecule has 0 aliphatic carbocycles. The zero-order valence-electron chi connectivity index (χ0n) is 18.6. The van der Waals surface area contributed by atoms with Crippen LogP contribution in [0.1, 0.15) is 45.1 Å². The SMILES string of the molecule is CC(C)CCC(=O)N([C@@H](CCCc1ccccc1)C(=O)NO)n1c(=O)[nH]c2cscc2c1=O. The van der Waals surface area contributed by atoms with Gasteiger partial charge in [-0.05, 0) is 37.2 Å². The number of hydrogen-bond donors (Lipinski definition) is 3. The lowest BCUT2D eigenvalue weighted by Gasteiger charge is -2.30. The third kappa shape index (κ3) is 5.77. The van der Waals surface area contributed by atoms with Crippen LogP contribution in [-0.2, 0) is 16.0 Å². The monoisotopic (exact) mass is 472 g/mol. The molecular formula is C23H28N4O5S. The molecule has 0 aliphatic rings. The van der Waals surface area contributed by atoms with Crippen LogP contribution in [0.4, 0.5) is 0 Å². The van der Waals surface area contributed by atoms with Gasteiger partial charge >= 0.3 is 5.69 Å². The molecule has 2 aromatic heterocycles. The van der Waals surface area contributed by atoms with Crippen molar-refractivity contribution in [2.24, 2.45) is 5.92 Å². The van der Waals surface area contributed by atoms with Crippen LogP contribution in [0.5, 0.6) is 0 Å². The third-order valence-electron chi connectivity index (χ3n) is 5.42. The number of thiophene rings is 1. The molecule has 3 aromatic rings. The molecule has 0 spiro atoms. The number of rotatable bonds is 10. The Balaban J connectivity index is 2.01. The van der Waals surface area contributed by atoms with E-state index in [1.807, 2.05) is 44.2 Å². The molecule has 0 fully saturated rings. The first-order valence-corrected chi connectivity index (χ1v) is 11.8. The van der Waals surface area contributed by atoms with Gasteiger partial charge in [0.2, 0.25) is 5.91 Å². The third-order valence-corrected chi connectivity index (χ3v) is 6.16. The summed E-state index contributed by atoms with van der Waals surface area (Å²) in [5.74, 6) is -1.20. The Morgan fingerprint density at radius 1 is 1.15 bits per heavy atom. The highest BCUT2D eigenvalue weighted by molar-refractivity contribution is 7.09. The van der Waals surface area contributed by atoms with Crippen LogP contribution in [0.15, 0.2) is 50.7 Å². The number of benzene rings is 1. The summed E-state index contributed by atoms with van der Waals surface area (Å²) < 4.78 is 0.695. The van der Waals surface area contributed by atoms with Crippen LogP contribution < -0.4 is 21.7 Å². The van der Waals surface area contributed by atoms with Crippen LogP contribution in [0.3, 0.4) is 0 Å². The number of carbonyl (C=O) groups is 2. The second-order valence-corrected chi connectivity index (χ2v) is 9.03. The number of nitrogens with zero attached hydrogens (tertiary/aromatic N) is 2. The van der Waals surface area contributed by atoms with E-state index < -0.39 is 29.1 Å². The van der Waals surface area contributed by atoms with E-state index in [0.717, 1.165) is 10.6 Å². The highest BCUT2D eigenvalue weighted by Crippen LogP contribution is 2.15. The van der Waals surface area contributed by atoms with E-state index in [2.05, 4.69) is 4.98 Å². The standard InChI is InChI=1S/C23H28N4O5S/c1-15(2)11-12-20(28)26(27-22(30)17-13-33-14-18(17)24-23(27)31)19(21(29)25-32)10-6-9-16-7-4-3-5-8-16/h3-5,7-8,13-15,19,32H,6,9-12H2,1-2H3,(H,24,31)(H,25,29)/t19-/m0/s1. The van der Waals surface area contributed by atoms with Gasteiger partial charge in [0.15, 0.2) is 0 Å². The number of aromatic amines is 1. The molecule has 176 valence electrons. The normalized spacial score (nSPS) is 12.1. The summed E-state index contributed by atoms with van der Waals surface area (Å²) >= 11 is 1.24. The van der Waals surface area contributed by atoms with Crippen LogP contribution in [-0.4, -0.2) is 32.7 Å². The molecule has 2 amide bonds. The van der Waals surface area contributed by atoms with Crippen molar-refractivity contribution in [1.29, 1.82) is 0 Å². The molecule has 1 atom stereocenters. The average Bonchev–Trinajstić information content (AvgIpc) is 3.27. The fourth-order valence-corrected chi connectivity index (χ4v) is 4.42. The second kappa shape index (κ2) is 11.1. The number of hydroxylamine groups is 1. The summed E-state index contributed by atoms with van der Waals surface area (Å²) in [6, 6.07) is 8.38. The van der Waals surface area contributed by atoms with E-state index in [4.69, 9.17) is 0 Å². The summed E-state index contributed by atoms with van der Waals surface area (Å²) in [5, 5.41) is 13.8. The minimum Gasteiger partial charge on any atom is -0.304 e. The molecule has 0 saturated carbocycles. The molecule has 0 saturated heterocycles. The Bertz CT molecular complexity index is 1210. The van der Waals surface area contributed by atoms with E-state index in [9.17, 15) is 24.4 Å². The number of aryl methyl sites for hydroxylation is 1. The molecular weight excluding hydrogens is 444 g/mol. The number of H-pyrrole nitrogens is 1. The van der Waals surface area contributed by atoms with Crippen molar-refractivity contribution in [2.45, 2.75) is 52.0 Å². The van der Waals surface area contributed by atoms with Crippen molar-refractivity contribution in [3.05, 3.63) is 67.5 Å². The van der Waals surface area contributed by atoms with Gasteiger partial charge in [0.1, 0.15) is 6.04 Å². The molecule has 0 aliphatic heterocycles. The molecule has 0 unspecified atom stereocenters. The van der Waals surface area contributed by atoms with E-state index >= 15 is 0 Å². The summed E-state index contributed by atoms with van der Waals surface area (Å²) in [6.07, 6.45) is 1.81. The number of nitrogens with one attached hydrogen (secondary N) is 2. The maximum absolute atomic E-state index is 13.3. The first kappa shape index (κ1) is 24.4. The van der Waals surface area contributed by atoms with Gasteiger partial charge in [-0.25, -0.2) is 15.3 Å². The average molecular weight is 473 g/mol. The molecule has 10 heteroatoms. The zero-order valence-corrected chi connectivity index (χ0v) is 19.4. The van der Waals surface area contributed by atoms with Gasteiger partial charge in [0, 0.05) is 17.2 Å². The highest BCUT2D eigenvalue weighted by atomic mass is 32.1. The Labute approximate surface area is 194 Å². The minimum absolute atomic E-state index is 0.0408. The Kier molecular flexibility index (Phi) is 8.18. The Hall–Kier alpha value is -3.24. The predicted molar refractivity (Wildman–Crippen MR) is 127 cm³/mol.